The van der Waals surface area contributed by atoms with Crippen LogP contribution in [0.1, 0.15) is 56.9 Å². The quantitative estimate of drug-likeness (QED) is 0.0925. The van der Waals surface area contributed by atoms with Crippen LogP contribution in [0.25, 0.3) is 0 Å². The summed E-state index contributed by atoms with van der Waals surface area (Å²) in [5.74, 6) is -0.0790. The molecule has 0 spiro atoms. The van der Waals surface area contributed by atoms with Crippen molar-refractivity contribution in [2.75, 3.05) is 38.8 Å². The number of nitrogens with zero attached hydrogens (tertiary/aromatic N) is 3. The third-order valence-electron chi connectivity index (χ3n) is 10.8. The highest BCUT2D eigenvalue weighted by Gasteiger charge is 2.37. The normalized spacial score (nSPS) is 17.7. The number of carbonyl (C=O) groups excluding carboxylic acids is 2. The number of aromatic carboxylic acids is 1. The highest BCUT2D eigenvalue weighted by molar-refractivity contribution is 6.35. The molecular weight excluding hydrogens is 769 g/mol. The van der Waals surface area contributed by atoms with E-state index in [2.05, 4.69) is 4.90 Å². The van der Waals surface area contributed by atoms with Crippen LogP contribution in [0.2, 0.25) is 10.0 Å². The maximum atomic E-state index is 13.8. The minimum Gasteiger partial charge on any atom is -0.545 e. The zero-order chi connectivity index (χ0) is 40.1. The molecule has 8 rings (SSSR count). The van der Waals surface area contributed by atoms with Gasteiger partial charge in [0.15, 0.2) is 11.5 Å². The van der Waals surface area contributed by atoms with Crippen LogP contribution in [0.5, 0.6) is 17.2 Å². The SMILES string of the molecule is COc1ccc([C@H](Cc2c(Cl)c[n+](O)cc2Cl)c2cc(COc3cccc(CN(C(=O)O[C@H]4CN5CCC4CC5)c4ccccc4)c3)ccc2C(=O)[O-])cc1OC. The maximum absolute atomic E-state index is 13.8. The molecule has 1 N–H and O–H groups in total. The number of carboxylic acids is 1. The van der Waals surface area contributed by atoms with E-state index >= 15 is 0 Å². The molecule has 2 bridgehead atoms. The fraction of sp³-hybridized carbons (Fsp3) is 0.295. The van der Waals surface area contributed by atoms with Crippen molar-refractivity contribution in [1.82, 2.24) is 4.90 Å². The number of fused-ring (bicyclic) bond motifs is 3. The van der Waals surface area contributed by atoms with Gasteiger partial charge in [0.05, 0.1) is 26.7 Å². The van der Waals surface area contributed by atoms with E-state index in [4.69, 9.17) is 42.1 Å². The van der Waals surface area contributed by atoms with Gasteiger partial charge in [0.1, 0.15) is 28.5 Å². The topological polar surface area (TPSA) is 125 Å². The van der Waals surface area contributed by atoms with Crippen LogP contribution < -0.4 is 28.9 Å². The molecular formula is C44H43Cl2N3O8. The van der Waals surface area contributed by atoms with E-state index in [0.717, 1.165) is 48.5 Å². The van der Waals surface area contributed by atoms with Crippen molar-refractivity contribution in [2.45, 2.75) is 44.4 Å². The highest BCUT2D eigenvalue weighted by atomic mass is 35.5. The van der Waals surface area contributed by atoms with Crippen LogP contribution in [-0.4, -0.2) is 62.1 Å². The number of pyridine rings is 1. The summed E-state index contributed by atoms with van der Waals surface area (Å²) in [6.45, 7) is 3.23. The van der Waals surface area contributed by atoms with Crippen LogP contribution >= 0.6 is 23.2 Å². The summed E-state index contributed by atoms with van der Waals surface area (Å²) in [4.78, 5) is 30.4. The number of piperidine rings is 3. The Hall–Kier alpha value is -5.49. The molecule has 13 heteroatoms. The second kappa shape index (κ2) is 17.8. The molecule has 2 atom stereocenters. The molecule has 4 heterocycles. The van der Waals surface area contributed by atoms with Crippen LogP contribution in [0.15, 0.2) is 103 Å². The van der Waals surface area contributed by atoms with Gasteiger partial charge < -0.3 is 28.8 Å². The smallest absolute Gasteiger partial charge is 0.414 e. The Morgan fingerprint density at radius 2 is 1.63 bits per heavy atom. The van der Waals surface area contributed by atoms with Crippen molar-refractivity contribution < 1.29 is 43.6 Å². The Morgan fingerprint density at radius 3 is 2.30 bits per heavy atom. The molecule has 0 saturated carbocycles. The third-order valence-corrected chi connectivity index (χ3v) is 11.4. The largest absolute Gasteiger partial charge is 0.545 e. The van der Waals surface area contributed by atoms with E-state index in [1.807, 2.05) is 60.7 Å². The number of benzene rings is 4. The van der Waals surface area contributed by atoms with Crippen LogP contribution in [0, 0.1) is 5.92 Å². The lowest BCUT2D eigenvalue weighted by atomic mass is 9.82. The summed E-state index contributed by atoms with van der Waals surface area (Å²) in [6, 6.07) is 27.3. The number of rotatable bonds is 14. The molecule has 3 aliphatic heterocycles. The Labute approximate surface area is 341 Å². The molecule has 5 aromatic rings. The van der Waals surface area contributed by atoms with Crippen LogP contribution in [-0.2, 0) is 24.3 Å². The van der Waals surface area contributed by atoms with Gasteiger partial charge in [-0.25, -0.2) is 4.79 Å². The first kappa shape index (κ1) is 39.7. The number of methoxy groups -OCH3 is 2. The molecule has 0 radical (unpaired) electrons. The summed E-state index contributed by atoms with van der Waals surface area (Å²) >= 11 is 13.2. The summed E-state index contributed by atoms with van der Waals surface area (Å²) in [5.41, 5.74) is 3.87. The average Bonchev–Trinajstić information content (AvgIpc) is 3.22. The Balaban J connectivity index is 1.15. The van der Waals surface area contributed by atoms with Crippen LogP contribution in [0.4, 0.5) is 10.5 Å². The van der Waals surface area contributed by atoms with Gasteiger partial charge in [0.25, 0.3) is 0 Å². The van der Waals surface area contributed by atoms with Gasteiger partial charge in [-0.3, -0.25) is 15.0 Å². The first-order chi connectivity index (χ1) is 27.6. The Morgan fingerprint density at radius 1 is 0.895 bits per heavy atom. The molecule has 1 aromatic heterocycles. The summed E-state index contributed by atoms with van der Waals surface area (Å²) in [7, 11) is 3.05. The number of hydrogen-bond donors (Lipinski definition) is 1. The van der Waals surface area contributed by atoms with Gasteiger partial charge in [-0.05, 0) is 96.9 Å². The Bertz CT molecular complexity index is 2210. The predicted octanol–water partition coefficient (Wildman–Crippen LogP) is 7.09. The van der Waals surface area contributed by atoms with Gasteiger partial charge in [-0.1, -0.05) is 77.8 Å². The van der Waals surface area contributed by atoms with E-state index in [0.29, 0.717) is 45.4 Å². The lowest BCUT2D eigenvalue weighted by molar-refractivity contribution is -0.904. The molecule has 296 valence electrons. The fourth-order valence-electron chi connectivity index (χ4n) is 7.78. The van der Waals surface area contributed by atoms with Gasteiger partial charge in [0.2, 0.25) is 12.4 Å². The molecule has 4 aromatic carbocycles. The molecule has 3 aliphatic rings. The van der Waals surface area contributed by atoms with Gasteiger partial charge in [-0.15, -0.1) is 0 Å². The molecule has 0 aliphatic carbocycles. The molecule has 3 fully saturated rings. The van der Waals surface area contributed by atoms with Gasteiger partial charge in [0, 0.05) is 34.0 Å². The van der Waals surface area contributed by atoms with Crippen LogP contribution in [0.3, 0.4) is 0 Å². The zero-order valence-corrected chi connectivity index (χ0v) is 33.1. The minimum absolute atomic E-state index is 0.0212. The summed E-state index contributed by atoms with van der Waals surface area (Å²) in [6.07, 6.45) is 4.36. The standard InChI is InChI=1S/C44H43Cl2N3O8/c1-54-40-14-12-31(21-41(40)55-2)35(22-37-38(45)24-48(53)25-39(37)46)36-20-29(11-13-34(36)43(50)51)27-56-33-10-6-7-28(19-33)23-49(32-8-4-3-5-9-32)44(52)57-42-26-47-17-15-30(42)16-18-47/h3-14,19-21,24-25,30,35,42H,15-18,22-23,26-27H2,1-2H3,(H-,50,51,53)/t35-,42-/m0/s1. The second-order valence-corrected chi connectivity index (χ2v) is 15.1. The monoisotopic (exact) mass is 811 g/mol. The van der Waals surface area contributed by atoms with Crippen molar-refractivity contribution >= 4 is 41.0 Å². The molecule has 0 unspecified atom stereocenters. The van der Waals surface area contributed by atoms with Crippen molar-refractivity contribution in [2.24, 2.45) is 5.92 Å². The Kier molecular flexibility index (Phi) is 12.4. The lowest BCUT2D eigenvalue weighted by Crippen LogP contribution is -2.53. The molecule has 11 nitrogen and oxygen atoms in total. The van der Waals surface area contributed by atoms with Crippen molar-refractivity contribution in [3.05, 3.63) is 147 Å². The second-order valence-electron chi connectivity index (χ2n) is 14.3. The van der Waals surface area contributed by atoms with E-state index < -0.39 is 11.9 Å². The zero-order valence-electron chi connectivity index (χ0n) is 31.6. The van der Waals surface area contributed by atoms with E-state index in [1.54, 1.807) is 29.2 Å². The lowest BCUT2D eigenvalue weighted by Gasteiger charge is -2.44. The fourth-order valence-corrected chi connectivity index (χ4v) is 8.39. The first-order valence-corrected chi connectivity index (χ1v) is 19.5. The molecule has 1 amide bonds. The van der Waals surface area contributed by atoms with E-state index in [1.165, 1.54) is 32.7 Å². The number of amides is 1. The van der Waals surface area contributed by atoms with Gasteiger partial charge in [-0.2, -0.15) is 0 Å². The summed E-state index contributed by atoms with van der Waals surface area (Å²) in [5, 5.41) is 23.0. The van der Waals surface area contributed by atoms with Crippen molar-refractivity contribution in [3.63, 3.8) is 0 Å². The first-order valence-electron chi connectivity index (χ1n) is 18.7. The van der Waals surface area contributed by atoms with Crippen molar-refractivity contribution in [1.29, 1.82) is 0 Å². The number of carbonyl (C=O) groups is 2. The van der Waals surface area contributed by atoms with Crippen molar-refractivity contribution in [3.8, 4) is 17.2 Å². The number of ether oxygens (including phenoxy) is 4. The highest BCUT2D eigenvalue weighted by Crippen LogP contribution is 2.39. The molecule has 57 heavy (non-hydrogen) atoms. The minimum atomic E-state index is -1.36. The average molecular weight is 813 g/mol. The maximum Gasteiger partial charge on any atom is 0.414 e. The third kappa shape index (κ3) is 9.23. The number of halogens is 2. The number of aromatic nitrogens is 1. The number of para-hydroxylation sites is 1. The summed E-state index contributed by atoms with van der Waals surface area (Å²) < 4.78 is 24.3. The number of anilines is 1. The van der Waals surface area contributed by atoms with E-state index in [9.17, 15) is 19.9 Å². The van der Waals surface area contributed by atoms with Gasteiger partial charge >= 0.3 is 6.09 Å². The number of hydrogen-bond acceptors (Lipinski definition) is 9. The predicted molar refractivity (Wildman–Crippen MR) is 213 cm³/mol. The number of carboxylic acid groups (broad SMARTS) is 1. The molecule has 3 saturated heterocycles. The van der Waals surface area contributed by atoms with E-state index in [-0.39, 0.29) is 47.4 Å².